The predicted octanol–water partition coefficient (Wildman–Crippen LogP) is 2.87. The van der Waals surface area contributed by atoms with E-state index in [4.69, 9.17) is 0 Å². The Balaban J connectivity index is 2.33. The van der Waals surface area contributed by atoms with Crippen molar-refractivity contribution in [2.24, 2.45) is 5.41 Å². The van der Waals surface area contributed by atoms with Crippen molar-refractivity contribution in [3.8, 4) is 6.07 Å². The van der Waals surface area contributed by atoms with Gasteiger partial charge in [-0.25, -0.2) is 4.39 Å². The van der Waals surface area contributed by atoms with Crippen LogP contribution in [0.2, 0.25) is 0 Å². The number of anilines is 1. The molecule has 1 aromatic rings. The number of rotatable bonds is 3. The summed E-state index contributed by atoms with van der Waals surface area (Å²) < 4.78 is 13.7. The first-order valence-electron chi connectivity index (χ1n) is 6.12. The molecule has 2 rings (SSSR count). The lowest BCUT2D eigenvalue weighted by atomic mass is 9.69. The lowest BCUT2D eigenvalue weighted by Crippen LogP contribution is -2.47. The van der Waals surface area contributed by atoms with Gasteiger partial charge in [-0.1, -0.05) is 12.1 Å². The highest BCUT2D eigenvalue weighted by Crippen LogP contribution is 2.42. The molecule has 0 unspecified atom stereocenters. The fourth-order valence-electron chi connectivity index (χ4n) is 2.26. The van der Waals surface area contributed by atoms with Crippen LogP contribution >= 0.6 is 0 Å². The molecular weight excluding hydrogens is 231 g/mol. The van der Waals surface area contributed by atoms with Crippen molar-refractivity contribution >= 4 is 11.6 Å². The molecule has 3 nitrogen and oxygen atoms in total. The van der Waals surface area contributed by atoms with Crippen molar-refractivity contribution in [3.05, 3.63) is 30.1 Å². The predicted molar refractivity (Wildman–Crippen MR) is 66.3 cm³/mol. The van der Waals surface area contributed by atoms with E-state index in [0.29, 0.717) is 19.4 Å². The van der Waals surface area contributed by atoms with Crippen LogP contribution in [-0.4, -0.2) is 12.5 Å². The molecule has 0 saturated heterocycles. The Labute approximate surface area is 106 Å². The zero-order chi connectivity index (χ0) is 13.2. The molecular formula is C14H15FN2O. The van der Waals surface area contributed by atoms with Gasteiger partial charge in [-0.15, -0.1) is 0 Å². The third-order valence-electron chi connectivity index (χ3n) is 3.54. The molecule has 0 radical (unpaired) electrons. The Morgan fingerprint density at radius 2 is 2.17 bits per heavy atom. The Bertz CT molecular complexity index is 503. The van der Waals surface area contributed by atoms with E-state index >= 15 is 0 Å². The molecule has 94 valence electrons. The first kappa shape index (κ1) is 12.6. The molecule has 0 aromatic heterocycles. The second-order valence-corrected chi connectivity index (χ2v) is 4.55. The Morgan fingerprint density at radius 1 is 1.50 bits per heavy atom. The van der Waals surface area contributed by atoms with Gasteiger partial charge in [-0.05, 0) is 38.3 Å². The number of carbonyl (C=O) groups excluding carboxylic acids is 1. The van der Waals surface area contributed by atoms with E-state index in [0.717, 1.165) is 6.42 Å². The lowest BCUT2D eigenvalue weighted by molar-refractivity contribution is -0.128. The molecule has 0 atom stereocenters. The number of halogens is 1. The van der Waals surface area contributed by atoms with Gasteiger partial charge in [0.25, 0.3) is 0 Å². The average molecular weight is 246 g/mol. The zero-order valence-electron chi connectivity index (χ0n) is 10.3. The van der Waals surface area contributed by atoms with Gasteiger partial charge < -0.3 is 4.90 Å². The fourth-order valence-corrected chi connectivity index (χ4v) is 2.26. The van der Waals surface area contributed by atoms with E-state index in [9.17, 15) is 14.4 Å². The number of hydrogen-bond donors (Lipinski definition) is 0. The van der Waals surface area contributed by atoms with Gasteiger partial charge in [0.15, 0.2) is 0 Å². The molecule has 1 amide bonds. The van der Waals surface area contributed by atoms with E-state index in [-0.39, 0.29) is 11.6 Å². The second kappa shape index (κ2) is 4.77. The van der Waals surface area contributed by atoms with E-state index in [1.165, 1.54) is 11.0 Å². The number of benzene rings is 1. The monoisotopic (exact) mass is 246 g/mol. The lowest BCUT2D eigenvalue weighted by Gasteiger charge is -2.37. The standard InChI is InChI=1S/C14H15FN2O/c1-2-17(12-7-4-3-6-11(12)15)13(18)14(10-16)8-5-9-14/h3-4,6-7H,2,5,8-9H2,1H3. The number of carbonyl (C=O) groups is 1. The summed E-state index contributed by atoms with van der Waals surface area (Å²) in [5.74, 6) is -0.705. The summed E-state index contributed by atoms with van der Waals surface area (Å²) >= 11 is 0. The first-order valence-corrected chi connectivity index (χ1v) is 6.12. The quantitative estimate of drug-likeness (QED) is 0.823. The van der Waals surface area contributed by atoms with Crippen LogP contribution in [-0.2, 0) is 4.79 Å². The van der Waals surface area contributed by atoms with Gasteiger partial charge in [0.05, 0.1) is 11.8 Å². The summed E-state index contributed by atoms with van der Waals surface area (Å²) in [7, 11) is 0. The Hall–Kier alpha value is -1.89. The normalized spacial score (nSPS) is 16.5. The summed E-state index contributed by atoms with van der Waals surface area (Å²) in [6.07, 6.45) is 2.04. The van der Waals surface area contributed by atoms with Crippen molar-refractivity contribution in [2.75, 3.05) is 11.4 Å². The molecule has 1 aromatic carbocycles. The maximum absolute atomic E-state index is 13.7. The van der Waals surface area contributed by atoms with E-state index in [1.807, 2.05) is 0 Å². The van der Waals surface area contributed by atoms with Crippen molar-refractivity contribution in [2.45, 2.75) is 26.2 Å². The summed E-state index contributed by atoms with van der Waals surface area (Å²) in [6, 6.07) is 8.27. The molecule has 0 bridgehead atoms. The minimum Gasteiger partial charge on any atom is -0.309 e. The smallest absolute Gasteiger partial charge is 0.247 e. The Kier molecular flexibility index (Phi) is 3.33. The number of amides is 1. The van der Waals surface area contributed by atoms with Gasteiger partial charge in [0, 0.05) is 6.54 Å². The summed E-state index contributed by atoms with van der Waals surface area (Å²) in [6.45, 7) is 2.15. The van der Waals surface area contributed by atoms with Crippen molar-refractivity contribution in [3.63, 3.8) is 0 Å². The number of para-hydroxylation sites is 1. The molecule has 0 N–H and O–H groups in total. The van der Waals surface area contributed by atoms with E-state index < -0.39 is 11.2 Å². The molecule has 0 heterocycles. The topological polar surface area (TPSA) is 44.1 Å². The molecule has 1 aliphatic carbocycles. The maximum Gasteiger partial charge on any atom is 0.247 e. The highest BCUT2D eigenvalue weighted by atomic mass is 19.1. The largest absolute Gasteiger partial charge is 0.309 e. The van der Waals surface area contributed by atoms with Gasteiger partial charge in [-0.3, -0.25) is 4.79 Å². The van der Waals surface area contributed by atoms with Crippen LogP contribution in [0.15, 0.2) is 24.3 Å². The summed E-state index contributed by atoms with van der Waals surface area (Å²) in [5.41, 5.74) is -0.676. The fraction of sp³-hybridized carbons (Fsp3) is 0.429. The minimum absolute atomic E-state index is 0.256. The molecule has 1 aliphatic rings. The summed E-state index contributed by atoms with van der Waals surface area (Å²) in [5, 5.41) is 9.18. The molecule has 1 fully saturated rings. The third kappa shape index (κ3) is 1.86. The highest BCUT2D eigenvalue weighted by molar-refractivity contribution is 6.00. The van der Waals surface area contributed by atoms with Gasteiger partial charge in [0.1, 0.15) is 11.2 Å². The Morgan fingerprint density at radius 3 is 2.61 bits per heavy atom. The van der Waals surface area contributed by atoms with Gasteiger partial charge in [-0.2, -0.15) is 5.26 Å². The van der Waals surface area contributed by atoms with Crippen LogP contribution in [0.1, 0.15) is 26.2 Å². The number of nitrogens with zero attached hydrogens (tertiary/aromatic N) is 2. The number of hydrogen-bond acceptors (Lipinski definition) is 2. The van der Waals surface area contributed by atoms with Crippen LogP contribution in [0.25, 0.3) is 0 Å². The van der Waals surface area contributed by atoms with Crippen LogP contribution in [0.3, 0.4) is 0 Å². The van der Waals surface area contributed by atoms with Crippen LogP contribution in [0.4, 0.5) is 10.1 Å². The first-order chi connectivity index (χ1) is 8.64. The second-order valence-electron chi connectivity index (χ2n) is 4.55. The van der Waals surface area contributed by atoms with Gasteiger partial charge in [0.2, 0.25) is 5.91 Å². The molecule has 18 heavy (non-hydrogen) atoms. The number of nitriles is 1. The highest BCUT2D eigenvalue weighted by Gasteiger charge is 2.47. The third-order valence-corrected chi connectivity index (χ3v) is 3.54. The van der Waals surface area contributed by atoms with Crippen molar-refractivity contribution in [1.29, 1.82) is 5.26 Å². The van der Waals surface area contributed by atoms with Crippen LogP contribution < -0.4 is 4.90 Å². The van der Waals surface area contributed by atoms with Gasteiger partial charge >= 0.3 is 0 Å². The SMILES string of the molecule is CCN(C(=O)C1(C#N)CCC1)c1ccccc1F. The average Bonchev–Trinajstić information content (AvgIpc) is 2.32. The van der Waals surface area contributed by atoms with E-state index in [2.05, 4.69) is 6.07 Å². The van der Waals surface area contributed by atoms with E-state index in [1.54, 1.807) is 25.1 Å². The summed E-state index contributed by atoms with van der Waals surface area (Å²) in [4.78, 5) is 13.8. The molecule has 1 saturated carbocycles. The molecule has 0 aliphatic heterocycles. The molecule has 0 spiro atoms. The van der Waals surface area contributed by atoms with Crippen LogP contribution in [0.5, 0.6) is 0 Å². The van der Waals surface area contributed by atoms with Crippen LogP contribution in [0, 0.1) is 22.6 Å². The van der Waals surface area contributed by atoms with Crippen molar-refractivity contribution < 1.29 is 9.18 Å². The zero-order valence-corrected chi connectivity index (χ0v) is 10.3. The maximum atomic E-state index is 13.7. The van der Waals surface area contributed by atoms with Crippen molar-refractivity contribution in [1.82, 2.24) is 0 Å². The molecule has 4 heteroatoms. The minimum atomic E-state index is -0.932.